The van der Waals surface area contributed by atoms with E-state index in [1.165, 1.54) is 5.56 Å². The number of carbonyl (C=O) groups is 1. The van der Waals surface area contributed by atoms with Crippen molar-refractivity contribution in [3.8, 4) is 11.5 Å². The lowest BCUT2D eigenvalue weighted by molar-refractivity contribution is -0.113. The van der Waals surface area contributed by atoms with Gasteiger partial charge in [-0.3, -0.25) is 9.89 Å². The number of hydrogen-bond donors (Lipinski definition) is 1. The van der Waals surface area contributed by atoms with E-state index < -0.39 is 6.29 Å². The number of amides is 1. The highest BCUT2D eigenvalue weighted by Crippen LogP contribution is 2.43. The van der Waals surface area contributed by atoms with Crippen LogP contribution >= 0.6 is 0 Å². The Bertz CT molecular complexity index is 972. The number of ether oxygens (including phenoxy) is 2. The Kier molecular flexibility index (Phi) is 5.25. The summed E-state index contributed by atoms with van der Waals surface area (Å²) in [4.78, 5) is 15.0. The second-order valence-corrected chi connectivity index (χ2v) is 7.42. The summed E-state index contributed by atoms with van der Waals surface area (Å²) in [6, 6.07) is 11.7. The summed E-state index contributed by atoms with van der Waals surface area (Å²) >= 11 is 0. The number of aromatic amines is 1. The number of methoxy groups -OCH3 is 2. The third-order valence-electron chi connectivity index (χ3n) is 5.41. The highest BCUT2D eigenvalue weighted by Gasteiger charge is 2.43. The minimum absolute atomic E-state index is 0.161. The molecular formula is C22H25N3O4. The van der Waals surface area contributed by atoms with Crippen molar-refractivity contribution in [3.63, 3.8) is 0 Å². The maximum atomic E-state index is 13.2. The van der Waals surface area contributed by atoms with Crippen LogP contribution in [0.2, 0.25) is 0 Å². The van der Waals surface area contributed by atoms with Crippen LogP contribution in [0.5, 0.6) is 0 Å². The molecule has 0 spiro atoms. The fraction of sp³-hybridized carbons (Fsp3) is 0.364. The molecule has 1 aromatic carbocycles. The second-order valence-electron chi connectivity index (χ2n) is 7.42. The largest absolute Gasteiger partial charge is 0.463 e. The summed E-state index contributed by atoms with van der Waals surface area (Å²) in [7, 11) is 3.13. The van der Waals surface area contributed by atoms with Gasteiger partial charge in [0.1, 0.15) is 5.69 Å². The molecule has 7 heteroatoms. The normalized spacial score (nSPS) is 16.3. The Morgan fingerprint density at radius 1 is 1.17 bits per heavy atom. The molecule has 1 N–H and O–H groups in total. The Balaban J connectivity index is 1.81. The lowest BCUT2D eigenvalue weighted by Crippen LogP contribution is -2.38. The molecule has 0 saturated carbocycles. The van der Waals surface area contributed by atoms with Crippen LogP contribution in [0.25, 0.3) is 11.5 Å². The molecule has 0 radical (unpaired) electrons. The number of carbonyl (C=O) groups excluding carboxylic acids is 1. The monoisotopic (exact) mass is 395 g/mol. The number of rotatable bonds is 7. The summed E-state index contributed by atoms with van der Waals surface area (Å²) in [5.41, 5.74) is 4.18. The number of benzene rings is 1. The molecule has 0 aliphatic carbocycles. The molecule has 0 saturated heterocycles. The van der Waals surface area contributed by atoms with Crippen LogP contribution in [0.4, 0.5) is 0 Å². The van der Waals surface area contributed by atoms with E-state index in [0.29, 0.717) is 23.1 Å². The van der Waals surface area contributed by atoms with Gasteiger partial charge in [0.15, 0.2) is 17.7 Å². The molecule has 3 aromatic rings. The molecule has 1 atom stereocenters. The predicted molar refractivity (Wildman–Crippen MR) is 108 cm³/mol. The van der Waals surface area contributed by atoms with Crippen molar-refractivity contribution in [1.29, 1.82) is 0 Å². The Morgan fingerprint density at radius 2 is 1.90 bits per heavy atom. The van der Waals surface area contributed by atoms with Crippen LogP contribution in [0, 0.1) is 0 Å². The van der Waals surface area contributed by atoms with Crippen LogP contribution in [0.15, 0.2) is 47.1 Å². The van der Waals surface area contributed by atoms with Crippen LogP contribution < -0.4 is 0 Å². The molecule has 1 aliphatic heterocycles. The van der Waals surface area contributed by atoms with Gasteiger partial charge in [-0.1, -0.05) is 38.1 Å². The van der Waals surface area contributed by atoms with E-state index in [-0.39, 0.29) is 18.5 Å². The first-order chi connectivity index (χ1) is 14.0. The molecule has 7 nitrogen and oxygen atoms in total. The number of furan rings is 1. The Hall–Kier alpha value is -2.90. The summed E-state index contributed by atoms with van der Waals surface area (Å²) in [5.74, 6) is 0.915. The van der Waals surface area contributed by atoms with Crippen LogP contribution in [-0.2, 0) is 9.47 Å². The highest BCUT2D eigenvalue weighted by atomic mass is 16.7. The van der Waals surface area contributed by atoms with E-state index in [1.807, 2.05) is 12.1 Å². The average Bonchev–Trinajstić information content (AvgIpc) is 3.44. The summed E-state index contributed by atoms with van der Waals surface area (Å²) in [6.07, 6.45) is 1.08. The highest BCUT2D eigenvalue weighted by molar-refractivity contribution is 6.00. The van der Waals surface area contributed by atoms with Gasteiger partial charge in [-0.25, -0.2) is 0 Å². The average molecular weight is 395 g/mol. The third kappa shape index (κ3) is 3.36. The Labute approximate surface area is 169 Å². The van der Waals surface area contributed by atoms with Gasteiger partial charge in [-0.15, -0.1) is 0 Å². The van der Waals surface area contributed by atoms with Crippen LogP contribution in [0.3, 0.4) is 0 Å². The maximum absolute atomic E-state index is 13.2. The van der Waals surface area contributed by atoms with Crippen molar-refractivity contribution in [3.05, 3.63) is 65.0 Å². The fourth-order valence-electron chi connectivity index (χ4n) is 3.80. The standard InChI is InChI=1S/C22H25N3O4/c1-13(2)14-7-9-15(10-8-14)21-18-19(16-6-5-11-29-16)23-24-20(18)22(26)25(21)12-17(27-3)28-4/h5-11,13,17,21H,12H2,1-4H3,(H,23,24). The number of nitrogens with one attached hydrogen (secondary N) is 1. The Morgan fingerprint density at radius 3 is 2.48 bits per heavy atom. The molecule has 1 aliphatic rings. The summed E-state index contributed by atoms with van der Waals surface area (Å²) in [5, 5.41) is 7.29. The van der Waals surface area contributed by atoms with Crippen molar-refractivity contribution < 1.29 is 18.7 Å². The molecule has 29 heavy (non-hydrogen) atoms. The van der Waals surface area contributed by atoms with Gasteiger partial charge in [0, 0.05) is 19.8 Å². The van der Waals surface area contributed by atoms with E-state index in [0.717, 1.165) is 11.1 Å². The molecular weight excluding hydrogens is 370 g/mol. The third-order valence-corrected chi connectivity index (χ3v) is 5.41. The van der Waals surface area contributed by atoms with Gasteiger partial charge >= 0.3 is 0 Å². The van der Waals surface area contributed by atoms with Gasteiger partial charge in [-0.2, -0.15) is 5.10 Å². The molecule has 0 fully saturated rings. The number of aromatic nitrogens is 2. The number of fused-ring (bicyclic) bond motifs is 1. The van der Waals surface area contributed by atoms with Crippen molar-refractivity contribution in [2.45, 2.75) is 32.1 Å². The summed E-state index contributed by atoms with van der Waals surface area (Å²) in [6.45, 7) is 4.60. The molecule has 4 rings (SSSR count). The van der Waals surface area contributed by atoms with E-state index in [4.69, 9.17) is 13.9 Å². The molecule has 1 unspecified atom stereocenters. The zero-order valence-corrected chi connectivity index (χ0v) is 17.0. The zero-order chi connectivity index (χ0) is 20.5. The zero-order valence-electron chi connectivity index (χ0n) is 17.0. The first kappa shape index (κ1) is 19.4. The van der Waals surface area contributed by atoms with E-state index in [2.05, 4.69) is 48.3 Å². The number of hydrogen-bond acceptors (Lipinski definition) is 5. The predicted octanol–water partition coefficient (Wildman–Crippen LogP) is 3.96. The molecule has 0 bridgehead atoms. The quantitative estimate of drug-likeness (QED) is 0.613. The fourth-order valence-corrected chi connectivity index (χ4v) is 3.80. The molecule has 152 valence electrons. The number of nitrogens with zero attached hydrogens (tertiary/aromatic N) is 2. The number of H-pyrrole nitrogens is 1. The SMILES string of the molecule is COC(CN1C(=O)c2n[nH]c(-c3ccco3)c2C1c1ccc(C(C)C)cc1)OC. The first-order valence-electron chi connectivity index (χ1n) is 9.63. The molecule has 3 heterocycles. The maximum Gasteiger partial charge on any atom is 0.275 e. The van der Waals surface area contributed by atoms with Gasteiger partial charge in [0.25, 0.3) is 5.91 Å². The first-order valence-corrected chi connectivity index (χ1v) is 9.63. The van der Waals surface area contributed by atoms with Crippen molar-refractivity contribution in [2.75, 3.05) is 20.8 Å². The van der Waals surface area contributed by atoms with Crippen LogP contribution in [-0.4, -0.2) is 48.1 Å². The smallest absolute Gasteiger partial charge is 0.275 e. The van der Waals surface area contributed by atoms with E-state index in [1.54, 1.807) is 25.4 Å². The molecule has 1 amide bonds. The molecule has 2 aromatic heterocycles. The topological polar surface area (TPSA) is 80.6 Å². The van der Waals surface area contributed by atoms with Gasteiger partial charge in [-0.05, 0) is 29.2 Å². The van der Waals surface area contributed by atoms with Gasteiger partial charge < -0.3 is 18.8 Å². The van der Waals surface area contributed by atoms with Crippen LogP contribution in [0.1, 0.15) is 53.0 Å². The summed E-state index contributed by atoms with van der Waals surface area (Å²) < 4.78 is 16.3. The van der Waals surface area contributed by atoms with E-state index in [9.17, 15) is 4.79 Å². The second kappa shape index (κ2) is 7.85. The van der Waals surface area contributed by atoms with Crippen molar-refractivity contribution >= 4 is 5.91 Å². The minimum atomic E-state index is -0.531. The lowest BCUT2D eigenvalue weighted by atomic mass is 9.95. The van der Waals surface area contributed by atoms with Crippen molar-refractivity contribution in [1.82, 2.24) is 15.1 Å². The minimum Gasteiger partial charge on any atom is -0.463 e. The van der Waals surface area contributed by atoms with Gasteiger partial charge in [0.2, 0.25) is 0 Å². The van der Waals surface area contributed by atoms with Crippen molar-refractivity contribution in [2.24, 2.45) is 0 Å². The van der Waals surface area contributed by atoms with Gasteiger partial charge in [0.05, 0.1) is 18.8 Å². The lowest BCUT2D eigenvalue weighted by Gasteiger charge is -2.29. The van der Waals surface area contributed by atoms with E-state index >= 15 is 0 Å².